The summed E-state index contributed by atoms with van der Waals surface area (Å²) in [6, 6.07) is -1.14. The van der Waals surface area contributed by atoms with Crippen molar-refractivity contribution in [1.82, 2.24) is 10.2 Å². The fourth-order valence-corrected chi connectivity index (χ4v) is 1.52. The lowest BCUT2D eigenvalue weighted by Crippen LogP contribution is -2.55. The third-order valence-corrected chi connectivity index (χ3v) is 2.34. The van der Waals surface area contributed by atoms with Gasteiger partial charge in [-0.1, -0.05) is 0 Å². The van der Waals surface area contributed by atoms with Gasteiger partial charge in [0.05, 0.1) is 26.3 Å². The minimum absolute atomic E-state index is 0.0590. The molecule has 1 aliphatic heterocycles. The number of ether oxygens (including phenoxy) is 1. The first kappa shape index (κ1) is 14.7. The number of carboxylic acid groups (broad SMARTS) is 1. The summed E-state index contributed by atoms with van der Waals surface area (Å²) < 4.78 is 40.5. The van der Waals surface area contributed by atoms with Crippen LogP contribution in [0.25, 0.3) is 0 Å². The molecule has 2 N–H and O–H groups in total. The molecular formula is C9H13F3N2O4. The summed E-state index contributed by atoms with van der Waals surface area (Å²) in [7, 11) is 0. The van der Waals surface area contributed by atoms with Gasteiger partial charge in [0.2, 0.25) is 5.91 Å². The quantitative estimate of drug-likeness (QED) is 0.716. The van der Waals surface area contributed by atoms with Crippen molar-refractivity contribution in [3.05, 3.63) is 0 Å². The van der Waals surface area contributed by atoms with E-state index < -0.39 is 37.2 Å². The molecule has 1 atom stereocenters. The number of nitrogens with zero attached hydrogens (tertiary/aromatic N) is 1. The molecule has 1 aliphatic rings. The molecule has 0 saturated carbocycles. The monoisotopic (exact) mass is 270 g/mol. The van der Waals surface area contributed by atoms with Crippen LogP contribution in [-0.2, 0) is 14.3 Å². The molecule has 1 fully saturated rings. The number of amides is 1. The third kappa shape index (κ3) is 4.49. The Kier molecular flexibility index (Phi) is 4.91. The average molecular weight is 270 g/mol. The zero-order chi connectivity index (χ0) is 13.8. The Balaban J connectivity index is 2.46. The predicted octanol–water partition coefficient (Wildman–Crippen LogP) is -0.550. The number of nitrogens with one attached hydrogen (secondary N) is 1. The number of hydrogen-bond acceptors (Lipinski definition) is 4. The zero-order valence-electron chi connectivity index (χ0n) is 9.37. The number of morpholine rings is 1. The Labute approximate surface area is 101 Å². The molecule has 1 saturated heterocycles. The topological polar surface area (TPSA) is 78.9 Å². The summed E-state index contributed by atoms with van der Waals surface area (Å²) in [5.41, 5.74) is 0. The van der Waals surface area contributed by atoms with Crippen LogP contribution in [0.2, 0.25) is 0 Å². The number of hydrogen-bond donors (Lipinski definition) is 2. The van der Waals surface area contributed by atoms with E-state index in [0.29, 0.717) is 0 Å². The van der Waals surface area contributed by atoms with Gasteiger partial charge in [-0.05, 0) is 0 Å². The number of rotatable bonds is 4. The summed E-state index contributed by atoms with van der Waals surface area (Å²) in [6.45, 7) is -1.76. The van der Waals surface area contributed by atoms with E-state index in [1.54, 1.807) is 0 Å². The van der Waals surface area contributed by atoms with Crippen LogP contribution in [0.1, 0.15) is 0 Å². The highest BCUT2D eigenvalue weighted by Gasteiger charge is 2.33. The molecule has 0 aromatic heterocycles. The Morgan fingerprint density at radius 1 is 1.44 bits per heavy atom. The molecule has 0 aliphatic carbocycles. The molecule has 104 valence electrons. The minimum atomic E-state index is -4.41. The van der Waals surface area contributed by atoms with E-state index in [9.17, 15) is 22.8 Å². The minimum Gasteiger partial charge on any atom is -0.480 e. The number of carboxylic acids is 1. The first-order valence-corrected chi connectivity index (χ1v) is 5.19. The van der Waals surface area contributed by atoms with Gasteiger partial charge in [0.1, 0.15) is 0 Å². The molecule has 0 aromatic rings. The molecule has 0 radical (unpaired) electrons. The standard InChI is InChI=1S/C9H13F3N2O4/c10-9(11,12)5-13-3-7(15)14-1-2-18-4-6(14)8(16)17/h6,13H,1-5H2,(H,16,17). The molecule has 1 heterocycles. The molecule has 1 amide bonds. The smallest absolute Gasteiger partial charge is 0.401 e. The van der Waals surface area contributed by atoms with Gasteiger partial charge in [-0.25, -0.2) is 4.79 Å². The molecule has 0 spiro atoms. The zero-order valence-corrected chi connectivity index (χ0v) is 9.37. The summed E-state index contributed by atoms with van der Waals surface area (Å²) in [6.07, 6.45) is -4.41. The van der Waals surface area contributed by atoms with Crippen molar-refractivity contribution in [3.63, 3.8) is 0 Å². The molecular weight excluding hydrogens is 257 g/mol. The largest absolute Gasteiger partial charge is 0.480 e. The van der Waals surface area contributed by atoms with Gasteiger partial charge in [-0.2, -0.15) is 13.2 Å². The van der Waals surface area contributed by atoms with Crippen molar-refractivity contribution >= 4 is 11.9 Å². The van der Waals surface area contributed by atoms with Crippen LogP contribution in [0, 0.1) is 0 Å². The molecule has 9 heteroatoms. The molecule has 6 nitrogen and oxygen atoms in total. The summed E-state index contributed by atoms with van der Waals surface area (Å²) in [5, 5.41) is 10.8. The molecule has 0 aromatic carbocycles. The molecule has 0 bridgehead atoms. The van der Waals surface area contributed by atoms with Crippen molar-refractivity contribution in [3.8, 4) is 0 Å². The van der Waals surface area contributed by atoms with Gasteiger partial charge in [-0.15, -0.1) is 0 Å². The Morgan fingerprint density at radius 3 is 2.67 bits per heavy atom. The molecule has 1 rings (SSSR count). The van der Waals surface area contributed by atoms with Crippen molar-refractivity contribution in [1.29, 1.82) is 0 Å². The number of carbonyl (C=O) groups is 2. The van der Waals surface area contributed by atoms with Gasteiger partial charge in [0.15, 0.2) is 6.04 Å². The van der Waals surface area contributed by atoms with Crippen LogP contribution in [0.4, 0.5) is 13.2 Å². The fourth-order valence-electron chi connectivity index (χ4n) is 1.52. The van der Waals surface area contributed by atoms with Crippen LogP contribution < -0.4 is 5.32 Å². The van der Waals surface area contributed by atoms with E-state index in [-0.39, 0.29) is 19.8 Å². The Bertz CT molecular complexity index is 321. The van der Waals surface area contributed by atoms with Crippen LogP contribution in [0.3, 0.4) is 0 Å². The SMILES string of the molecule is O=C(O)C1COCCN1C(=O)CNCC(F)(F)F. The summed E-state index contributed by atoms with van der Waals surface area (Å²) in [5.74, 6) is -1.92. The number of aliphatic carboxylic acids is 1. The van der Waals surface area contributed by atoms with E-state index in [4.69, 9.17) is 9.84 Å². The van der Waals surface area contributed by atoms with E-state index in [1.807, 2.05) is 5.32 Å². The fraction of sp³-hybridized carbons (Fsp3) is 0.778. The lowest BCUT2D eigenvalue weighted by atomic mass is 10.2. The third-order valence-electron chi connectivity index (χ3n) is 2.34. The lowest BCUT2D eigenvalue weighted by molar-refractivity contribution is -0.158. The summed E-state index contributed by atoms with van der Waals surface area (Å²) in [4.78, 5) is 23.4. The van der Waals surface area contributed by atoms with Crippen LogP contribution in [0.5, 0.6) is 0 Å². The second-order valence-electron chi connectivity index (χ2n) is 3.73. The van der Waals surface area contributed by atoms with Gasteiger partial charge in [-0.3, -0.25) is 4.79 Å². The highest BCUT2D eigenvalue weighted by molar-refractivity contribution is 5.85. The second kappa shape index (κ2) is 6.01. The van der Waals surface area contributed by atoms with Gasteiger partial charge >= 0.3 is 12.1 Å². The Morgan fingerprint density at radius 2 is 2.11 bits per heavy atom. The van der Waals surface area contributed by atoms with E-state index in [0.717, 1.165) is 4.90 Å². The normalized spacial score (nSPS) is 20.8. The van der Waals surface area contributed by atoms with Crippen LogP contribution >= 0.6 is 0 Å². The molecule has 18 heavy (non-hydrogen) atoms. The summed E-state index contributed by atoms with van der Waals surface area (Å²) >= 11 is 0. The average Bonchev–Trinajstić information content (AvgIpc) is 2.27. The number of alkyl halides is 3. The van der Waals surface area contributed by atoms with Crippen LogP contribution in [0.15, 0.2) is 0 Å². The maximum atomic E-state index is 11.9. The number of halogens is 3. The highest BCUT2D eigenvalue weighted by Crippen LogP contribution is 2.12. The van der Waals surface area contributed by atoms with Crippen molar-refractivity contribution < 1.29 is 32.6 Å². The predicted molar refractivity (Wildman–Crippen MR) is 52.9 cm³/mol. The first-order chi connectivity index (χ1) is 8.31. The van der Waals surface area contributed by atoms with Crippen molar-refractivity contribution in [2.75, 3.05) is 32.8 Å². The van der Waals surface area contributed by atoms with Gasteiger partial charge < -0.3 is 20.1 Å². The Hall–Kier alpha value is -1.35. The van der Waals surface area contributed by atoms with Crippen molar-refractivity contribution in [2.24, 2.45) is 0 Å². The van der Waals surface area contributed by atoms with Gasteiger partial charge in [0.25, 0.3) is 0 Å². The second-order valence-corrected chi connectivity index (χ2v) is 3.73. The van der Waals surface area contributed by atoms with Crippen molar-refractivity contribution in [2.45, 2.75) is 12.2 Å². The highest BCUT2D eigenvalue weighted by atomic mass is 19.4. The molecule has 1 unspecified atom stereocenters. The van der Waals surface area contributed by atoms with Gasteiger partial charge in [0, 0.05) is 6.54 Å². The number of carbonyl (C=O) groups excluding carboxylic acids is 1. The maximum Gasteiger partial charge on any atom is 0.401 e. The first-order valence-electron chi connectivity index (χ1n) is 5.19. The lowest BCUT2D eigenvalue weighted by Gasteiger charge is -2.32. The maximum absolute atomic E-state index is 11.9. The van der Waals surface area contributed by atoms with E-state index in [2.05, 4.69) is 0 Å². The van der Waals surface area contributed by atoms with E-state index >= 15 is 0 Å². The van der Waals surface area contributed by atoms with Crippen LogP contribution in [-0.4, -0.2) is 66.9 Å². The van der Waals surface area contributed by atoms with E-state index in [1.165, 1.54) is 0 Å².